The van der Waals surface area contributed by atoms with Crippen LogP contribution in [0.3, 0.4) is 0 Å². The molecule has 5 heteroatoms. The number of phenolic OH excluding ortho intramolecular Hbond substituents is 1. The first-order valence-corrected chi connectivity index (χ1v) is 6.06. The lowest BCUT2D eigenvalue weighted by Gasteiger charge is -1.97. The summed E-state index contributed by atoms with van der Waals surface area (Å²) in [6.45, 7) is 1.79. The normalized spacial score (nSPS) is 11.1. The molecule has 0 radical (unpaired) electrons. The van der Waals surface area contributed by atoms with Crippen LogP contribution in [0.15, 0.2) is 30.5 Å². The van der Waals surface area contributed by atoms with Crippen molar-refractivity contribution in [2.24, 2.45) is 7.05 Å². The molecule has 0 aliphatic carbocycles. The van der Waals surface area contributed by atoms with E-state index in [1.54, 1.807) is 43.1 Å². The maximum atomic E-state index is 12.0. The third-order valence-electron chi connectivity index (χ3n) is 2.68. The molecular weight excluding hydrogens is 264 g/mol. The summed E-state index contributed by atoms with van der Waals surface area (Å²) >= 11 is 5.79. The number of nitrogens with zero attached hydrogens (tertiary/aromatic N) is 2. The maximum Gasteiger partial charge on any atom is 0.189 e. The fourth-order valence-electron chi connectivity index (χ4n) is 1.73. The molecule has 0 saturated heterocycles. The van der Waals surface area contributed by atoms with Crippen LogP contribution in [0.1, 0.15) is 21.6 Å². The third kappa shape index (κ3) is 3.03. The van der Waals surface area contributed by atoms with E-state index in [1.807, 2.05) is 0 Å². The summed E-state index contributed by atoms with van der Waals surface area (Å²) in [5, 5.41) is 13.7. The number of benzene rings is 1. The van der Waals surface area contributed by atoms with Crippen LogP contribution in [-0.2, 0) is 7.05 Å². The highest BCUT2D eigenvalue weighted by Crippen LogP contribution is 2.24. The molecule has 0 amide bonds. The Balaban J connectivity index is 2.20. The Labute approximate surface area is 115 Å². The second-order valence-electron chi connectivity index (χ2n) is 4.21. The lowest BCUT2D eigenvalue weighted by Crippen LogP contribution is -1.94. The molecule has 2 aromatic rings. The van der Waals surface area contributed by atoms with E-state index in [0.29, 0.717) is 11.3 Å². The highest BCUT2D eigenvalue weighted by Gasteiger charge is 2.09. The summed E-state index contributed by atoms with van der Waals surface area (Å²) in [6, 6.07) is 4.76. The van der Waals surface area contributed by atoms with Crippen LogP contribution in [-0.4, -0.2) is 20.7 Å². The molecule has 0 fully saturated rings. The van der Waals surface area contributed by atoms with Gasteiger partial charge in [-0.2, -0.15) is 5.10 Å². The largest absolute Gasteiger partial charge is 0.506 e. The Kier molecular flexibility index (Phi) is 3.71. The van der Waals surface area contributed by atoms with Crippen molar-refractivity contribution in [2.45, 2.75) is 6.92 Å². The SMILES string of the molecule is Cc1nn(C)cc1C(=O)/C=C/c1ccc(O)c(Cl)c1. The van der Waals surface area contributed by atoms with Gasteiger partial charge < -0.3 is 5.11 Å². The molecule has 0 spiro atoms. The monoisotopic (exact) mass is 276 g/mol. The Morgan fingerprint density at radius 2 is 2.21 bits per heavy atom. The van der Waals surface area contributed by atoms with Gasteiger partial charge in [-0.3, -0.25) is 9.48 Å². The van der Waals surface area contributed by atoms with E-state index in [-0.39, 0.29) is 16.6 Å². The van der Waals surface area contributed by atoms with E-state index >= 15 is 0 Å². The highest BCUT2D eigenvalue weighted by molar-refractivity contribution is 6.32. The van der Waals surface area contributed by atoms with E-state index in [9.17, 15) is 9.90 Å². The minimum absolute atomic E-state index is 0.0215. The van der Waals surface area contributed by atoms with Gasteiger partial charge in [-0.25, -0.2) is 0 Å². The van der Waals surface area contributed by atoms with Gasteiger partial charge in [-0.05, 0) is 30.7 Å². The van der Waals surface area contributed by atoms with Crippen molar-refractivity contribution >= 4 is 23.5 Å². The van der Waals surface area contributed by atoms with Gasteiger partial charge in [0.05, 0.1) is 16.3 Å². The summed E-state index contributed by atoms with van der Waals surface area (Å²) < 4.78 is 1.60. The van der Waals surface area contributed by atoms with Crippen LogP contribution in [0.2, 0.25) is 5.02 Å². The summed E-state index contributed by atoms with van der Waals surface area (Å²) in [7, 11) is 1.77. The van der Waals surface area contributed by atoms with Crippen molar-refractivity contribution in [1.82, 2.24) is 9.78 Å². The molecule has 19 heavy (non-hydrogen) atoms. The van der Waals surface area contributed by atoms with E-state index in [2.05, 4.69) is 5.10 Å². The first-order chi connectivity index (χ1) is 8.97. The number of halogens is 1. The van der Waals surface area contributed by atoms with Gasteiger partial charge in [-0.1, -0.05) is 23.7 Å². The molecule has 0 unspecified atom stereocenters. The second-order valence-corrected chi connectivity index (χ2v) is 4.62. The number of aromatic hydroxyl groups is 1. The number of allylic oxidation sites excluding steroid dienone is 1. The second kappa shape index (κ2) is 5.28. The van der Waals surface area contributed by atoms with Gasteiger partial charge in [0.25, 0.3) is 0 Å². The lowest BCUT2D eigenvalue weighted by atomic mass is 10.1. The minimum Gasteiger partial charge on any atom is -0.506 e. The van der Waals surface area contributed by atoms with Crippen LogP contribution in [0.4, 0.5) is 0 Å². The quantitative estimate of drug-likeness (QED) is 0.693. The van der Waals surface area contributed by atoms with Crippen LogP contribution in [0.25, 0.3) is 6.08 Å². The van der Waals surface area contributed by atoms with Gasteiger partial charge in [-0.15, -0.1) is 0 Å². The first-order valence-electron chi connectivity index (χ1n) is 5.68. The van der Waals surface area contributed by atoms with Gasteiger partial charge in [0.2, 0.25) is 0 Å². The number of aromatic nitrogens is 2. The Hall–Kier alpha value is -2.07. The van der Waals surface area contributed by atoms with E-state index in [4.69, 9.17) is 11.6 Å². The summed E-state index contributed by atoms with van der Waals surface area (Å²) in [5.41, 5.74) is 2.02. The fourth-order valence-corrected chi connectivity index (χ4v) is 1.92. The zero-order valence-electron chi connectivity index (χ0n) is 10.6. The zero-order chi connectivity index (χ0) is 14.0. The summed E-state index contributed by atoms with van der Waals surface area (Å²) in [4.78, 5) is 12.0. The fraction of sp³-hybridized carbons (Fsp3) is 0.143. The van der Waals surface area contributed by atoms with Crippen LogP contribution in [0, 0.1) is 6.92 Å². The van der Waals surface area contributed by atoms with Crippen molar-refractivity contribution < 1.29 is 9.90 Å². The number of hydrogen-bond donors (Lipinski definition) is 1. The number of hydrogen-bond acceptors (Lipinski definition) is 3. The molecule has 0 aliphatic heterocycles. The highest BCUT2D eigenvalue weighted by atomic mass is 35.5. The third-order valence-corrected chi connectivity index (χ3v) is 2.98. The number of aryl methyl sites for hydroxylation is 2. The maximum absolute atomic E-state index is 12.0. The molecule has 2 rings (SSSR count). The predicted octanol–water partition coefficient (Wildman–Crippen LogP) is 2.98. The minimum atomic E-state index is -0.116. The van der Waals surface area contributed by atoms with E-state index in [1.165, 1.54) is 12.1 Å². The number of ketones is 1. The molecule has 0 aliphatic rings. The van der Waals surface area contributed by atoms with Crippen molar-refractivity contribution in [3.63, 3.8) is 0 Å². The molecule has 1 aromatic heterocycles. The van der Waals surface area contributed by atoms with Gasteiger partial charge in [0.15, 0.2) is 5.78 Å². The molecule has 98 valence electrons. The molecule has 0 bridgehead atoms. The van der Waals surface area contributed by atoms with Crippen molar-refractivity contribution in [3.05, 3.63) is 52.3 Å². The molecule has 0 saturated carbocycles. The average Bonchev–Trinajstić information content (AvgIpc) is 2.70. The number of carbonyl (C=O) groups excluding carboxylic acids is 1. The zero-order valence-corrected chi connectivity index (χ0v) is 11.3. The van der Waals surface area contributed by atoms with E-state index < -0.39 is 0 Å². The number of rotatable bonds is 3. The molecule has 4 nitrogen and oxygen atoms in total. The summed E-state index contributed by atoms with van der Waals surface area (Å²) in [5.74, 6) is -0.0944. The number of phenols is 1. The standard InChI is InChI=1S/C14H13ClN2O2/c1-9-11(8-17(2)16-9)13(18)5-3-10-4-6-14(19)12(15)7-10/h3-8,19H,1-2H3/b5-3+. The van der Waals surface area contributed by atoms with Gasteiger partial charge >= 0.3 is 0 Å². The van der Waals surface area contributed by atoms with Crippen molar-refractivity contribution in [3.8, 4) is 5.75 Å². The Morgan fingerprint density at radius 3 is 2.79 bits per heavy atom. The molecule has 1 aromatic carbocycles. The van der Waals surface area contributed by atoms with Crippen LogP contribution >= 0.6 is 11.6 Å². The molecule has 1 N–H and O–H groups in total. The molecule has 0 atom stereocenters. The smallest absolute Gasteiger partial charge is 0.189 e. The lowest BCUT2D eigenvalue weighted by molar-refractivity contribution is 0.104. The van der Waals surface area contributed by atoms with Gasteiger partial charge in [0, 0.05) is 13.2 Å². The first kappa shape index (κ1) is 13.4. The molecular formula is C14H13ClN2O2. The Morgan fingerprint density at radius 1 is 1.47 bits per heavy atom. The predicted molar refractivity (Wildman–Crippen MR) is 74.4 cm³/mol. The van der Waals surface area contributed by atoms with Crippen LogP contribution < -0.4 is 0 Å². The van der Waals surface area contributed by atoms with Crippen molar-refractivity contribution in [1.29, 1.82) is 0 Å². The topological polar surface area (TPSA) is 55.1 Å². The Bertz CT molecular complexity index is 659. The van der Waals surface area contributed by atoms with Gasteiger partial charge in [0.1, 0.15) is 5.75 Å². The molecule has 1 heterocycles. The van der Waals surface area contributed by atoms with Crippen LogP contribution in [0.5, 0.6) is 5.75 Å². The summed E-state index contributed by atoms with van der Waals surface area (Å²) in [6.07, 6.45) is 4.80. The van der Waals surface area contributed by atoms with Crippen molar-refractivity contribution in [2.75, 3.05) is 0 Å². The number of carbonyl (C=O) groups is 1. The average molecular weight is 277 g/mol. The van der Waals surface area contributed by atoms with E-state index in [0.717, 1.165) is 5.56 Å².